The quantitative estimate of drug-likeness (QED) is 0.355. The minimum absolute atomic E-state index is 0.175. The van der Waals surface area contributed by atoms with E-state index in [0.717, 1.165) is 25.2 Å². The molecule has 2 rings (SSSR count). The van der Waals surface area contributed by atoms with Crippen LogP contribution in [-0.4, -0.2) is 54.1 Å². The lowest BCUT2D eigenvalue weighted by Gasteiger charge is -2.14. The maximum atomic E-state index is 13.7. The van der Waals surface area contributed by atoms with Crippen LogP contribution >= 0.6 is 0 Å². The van der Waals surface area contributed by atoms with Crippen molar-refractivity contribution in [2.24, 2.45) is 4.99 Å². The molecule has 0 saturated carbocycles. The van der Waals surface area contributed by atoms with Crippen LogP contribution in [0, 0.1) is 5.82 Å². The number of rotatable bonds is 11. The van der Waals surface area contributed by atoms with E-state index in [2.05, 4.69) is 32.7 Å². The van der Waals surface area contributed by atoms with Crippen molar-refractivity contribution >= 4 is 5.96 Å². The number of hydrogen-bond acceptors (Lipinski definition) is 4. The molecule has 1 heterocycles. The maximum Gasteiger partial charge on any atom is 0.191 e. The summed E-state index contributed by atoms with van der Waals surface area (Å²) in [5.41, 5.74) is 0.695. The van der Waals surface area contributed by atoms with Gasteiger partial charge in [0, 0.05) is 46.3 Å². The molecule has 0 radical (unpaired) electrons. The summed E-state index contributed by atoms with van der Waals surface area (Å²) in [6, 6.07) is 6.84. The highest BCUT2D eigenvalue weighted by Crippen LogP contribution is 2.06. The molecule has 27 heavy (non-hydrogen) atoms. The smallest absolute Gasteiger partial charge is 0.191 e. The number of nitrogens with one attached hydrogen (secondary N) is 2. The molecule has 2 N–H and O–H groups in total. The maximum absolute atomic E-state index is 13.7. The van der Waals surface area contributed by atoms with E-state index in [9.17, 15) is 4.39 Å². The van der Waals surface area contributed by atoms with Gasteiger partial charge in [0.1, 0.15) is 18.0 Å². The Hall–Kier alpha value is -2.48. The summed E-state index contributed by atoms with van der Waals surface area (Å²) in [6.45, 7) is 5.44. The van der Waals surface area contributed by atoms with Gasteiger partial charge in [-0.3, -0.25) is 4.99 Å². The Balaban J connectivity index is 1.83. The Morgan fingerprint density at radius 1 is 1.26 bits per heavy atom. The van der Waals surface area contributed by atoms with E-state index in [1.807, 2.05) is 10.6 Å². The van der Waals surface area contributed by atoms with Crippen molar-refractivity contribution in [2.75, 3.05) is 33.4 Å². The highest BCUT2D eigenvalue weighted by Gasteiger charge is 2.04. The molecule has 0 aliphatic heterocycles. The van der Waals surface area contributed by atoms with Gasteiger partial charge in [0.15, 0.2) is 5.96 Å². The second-order valence-electron chi connectivity index (χ2n) is 6.07. The molecule has 8 heteroatoms. The number of methoxy groups -OCH3 is 1. The number of ether oxygens (including phenoxy) is 1. The fourth-order valence-electron chi connectivity index (χ4n) is 2.62. The zero-order valence-corrected chi connectivity index (χ0v) is 16.1. The minimum Gasteiger partial charge on any atom is -0.385 e. The average Bonchev–Trinajstić information content (AvgIpc) is 3.13. The third kappa shape index (κ3) is 7.34. The van der Waals surface area contributed by atoms with Gasteiger partial charge in [0.2, 0.25) is 0 Å². The topological polar surface area (TPSA) is 76.4 Å². The molecular formula is C19H29FN6O. The summed E-state index contributed by atoms with van der Waals surface area (Å²) >= 11 is 0. The van der Waals surface area contributed by atoms with E-state index in [4.69, 9.17) is 4.74 Å². The van der Waals surface area contributed by atoms with Crippen LogP contribution in [0.2, 0.25) is 0 Å². The lowest BCUT2D eigenvalue weighted by Crippen LogP contribution is -2.40. The molecular weight excluding hydrogens is 347 g/mol. The van der Waals surface area contributed by atoms with E-state index in [-0.39, 0.29) is 5.82 Å². The number of benzene rings is 1. The highest BCUT2D eigenvalue weighted by atomic mass is 19.1. The van der Waals surface area contributed by atoms with Crippen LogP contribution in [0.4, 0.5) is 4.39 Å². The molecule has 0 unspecified atom stereocenters. The second kappa shape index (κ2) is 12.0. The van der Waals surface area contributed by atoms with E-state index >= 15 is 0 Å². The number of aromatic nitrogens is 3. The number of halogens is 1. The van der Waals surface area contributed by atoms with Gasteiger partial charge in [0.25, 0.3) is 0 Å². The van der Waals surface area contributed by atoms with Gasteiger partial charge in [-0.1, -0.05) is 25.1 Å². The van der Waals surface area contributed by atoms with E-state index in [0.29, 0.717) is 44.2 Å². The average molecular weight is 376 g/mol. The van der Waals surface area contributed by atoms with Crippen LogP contribution in [0.25, 0.3) is 0 Å². The monoisotopic (exact) mass is 376 g/mol. The summed E-state index contributed by atoms with van der Waals surface area (Å²) in [5, 5.41) is 14.6. The fraction of sp³-hybridized carbons (Fsp3) is 0.526. The van der Waals surface area contributed by atoms with Crippen molar-refractivity contribution in [1.29, 1.82) is 0 Å². The molecule has 0 spiro atoms. The Morgan fingerprint density at radius 2 is 2.07 bits per heavy atom. The van der Waals surface area contributed by atoms with Crippen LogP contribution in [-0.2, 0) is 24.1 Å². The Kier molecular flexibility index (Phi) is 9.26. The first kappa shape index (κ1) is 20.8. The van der Waals surface area contributed by atoms with Crippen molar-refractivity contribution in [2.45, 2.75) is 32.7 Å². The number of hydrogen-bond donors (Lipinski definition) is 2. The first-order valence-electron chi connectivity index (χ1n) is 9.35. The summed E-state index contributed by atoms with van der Waals surface area (Å²) in [5.74, 6) is 1.50. The molecule has 0 amide bonds. The van der Waals surface area contributed by atoms with Crippen LogP contribution < -0.4 is 10.6 Å². The van der Waals surface area contributed by atoms with Gasteiger partial charge in [-0.2, -0.15) is 0 Å². The Bertz CT molecular complexity index is 703. The molecule has 0 saturated heterocycles. The predicted molar refractivity (Wildman–Crippen MR) is 104 cm³/mol. The number of aryl methyl sites for hydroxylation is 1. The molecule has 1 aromatic carbocycles. The summed E-state index contributed by atoms with van der Waals surface area (Å²) in [4.78, 5) is 4.56. The predicted octanol–water partition coefficient (Wildman–Crippen LogP) is 1.79. The first-order valence-corrected chi connectivity index (χ1v) is 9.35. The highest BCUT2D eigenvalue weighted by molar-refractivity contribution is 5.79. The van der Waals surface area contributed by atoms with Gasteiger partial charge in [-0.05, 0) is 24.5 Å². The Morgan fingerprint density at radius 3 is 2.85 bits per heavy atom. The fourth-order valence-corrected chi connectivity index (χ4v) is 2.62. The molecule has 0 fully saturated rings. The molecule has 7 nitrogen and oxygen atoms in total. The van der Waals surface area contributed by atoms with E-state index < -0.39 is 0 Å². The van der Waals surface area contributed by atoms with Gasteiger partial charge >= 0.3 is 0 Å². The van der Waals surface area contributed by atoms with Crippen LogP contribution in [0.1, 0.15) is 24.7 Å². The minimum atomic E-state index is -0.175. The third-order valence-electron chi connectivity index (χ3n) is 4.08. The Labute approximate surface area is 160 Å². The van der Waals surface area contributed by atoms with Crippen molar-refractivity contribution in [1.82, 2.24) is 25.4 Å². The van der Waals surface area contributed by atoms with E-state index in [1.54, 1.807) is 25.6 Å². The largest absolute Gasteiger partial charge is 0.385 e. The summed E-state index contributed by atoms with van der Waals surface area (Å²) < 4.78 is 20.8. The van der Waals surface area contributed by atoms with Crippen molar-refractivity contribution in [3.05, 3.63) is 47.8 Å². The van der Waals surface area contributed by atoms with Crippen LogP contribution in [0.5, 0.6) is 0 Å². The zero-order valence-electron chi connectivity index (χ0n) is 16.1. The molecule has 0 bridgehead atoms. The molecule has 1 aromatic heterocycles. The molecule has 2 aromatic rings. The van der Waals surface area contributed by atoms with Crippen molar-refractivity contribution in [3.8, 4) is 0 Å². The lowest BCUT2D eigenvalue weighted by molar-refractivity contribution is 0.197. The van der Waals surface area contributed by atoms with Gasteiger partial charge in [-0.25, -0.2) is 4.39 Å². The van der Waals surface area contributed by atoms with Crippen LogP contribution in [0.3, 0.4) is 0 Å². The number of guanidine groups is 1. The van der Waals surface area contributed by atoms with E-state index in [1.165, 1.54) is 6.07 Å². The zero-order chi connectivity index (χ0) is 19.3. The van der Waals surface area contributed by atoms with Crippen LogP contribution in [0.15, 0.2) is 35.6 Å². The molecule has 0 aliphatic carbocycles. The second-order valence-corrected chi connectivity index (χ2v) is 6.07. The normalized spacial score (nSPS) is 11.6. The standard InChI is InChI=1S/C19H29FN6O/c1-3-18-25-24-15-26(18)13-12-23-19(21-10-6-14-27-2)22-11-9-16-7-4-5-8-17(16)20/h4-5,7-8,15H,3,6,9-14H2,1-2H3,(H2,21,22,23). The third-order valence-corrected chi connectivity index (χ3v) is 4.08. The van der Waals surface area contributed by atoms with Gasteiger partial charge in [0.05, 0.1) is 0 Å². The molecule has 0 atom stereocenters. The number of nitrogens with zero attached hydrogens (tertiary/aromatic N) is 4. The summed E-state index contributed by atoms with van der Waals surface area (Å²) in [6.07, 6.45) is 4.03. The first-order chi connectivity index (χ1) is 13.2. The van der Waals surface area contributed by atoms with Gasteiger partial charge in [-0.15, -0.1) is 10.2 Å². The molecule has 0 aliphatic rings. The molecule has 148 valence electrons. The van der Waals surface area contributed by atoms with Crippen molar-refractivity contribution < 1.29 is 9.13 Å². The van der Waals surface area contributed by atoms with Crippen molar-refractivity contribution in [3.63, 3.8) is 0 Å². The number of aliphatic imine (C=N–C) groups is 1. The SMILES string of the molecule is CCc1nncn1CCNC(=NCCCOC)NCCc1ccccc1F. The lowest BCUT2D eigenvalue weighted by atomic mass is 10.1. The van der Waals surface area contributed by atoms with Gasteiger partial charge < -0.3 is 19.9 Å². The summed E-state index contributed by atoms with van der Waals surface area (Å²) in [7, 11) is 1.68.